The van der Waals surface area contributed by atoms with E-state index in [9.17, 15) is 5.91 Å². The van der Waals surface area contributed by atoms with Crippen molar-refractivity contribution in [3.05, 3.63) is 0 Å². The van der Waals surface area contributed by atoms with Crippen LogP contribution in [0.1, 0.15) is 0 Å². The summed E-state index contributed by atoms with van der Waals surface area (Å²) in [5, 5.41) is 0. The first-order valence-corrected chi connectivity index (χ1v) is 1.60. The maximum absolute atomic E-state index is 9.76. The summed E-state index contributed by atoms with van der Waals surface area (Å²) in [5.41, 5.74) is 0. The van der Waals surface area contributed by atoms with Crippen LogP contribution >= 0.6 is 0 Å². The molecule has 0 atom stereocenters. The molecule has 5 heavy (non-hydrogen) atoms. The number of rotatable bonds is 0. The normalized spacial score (nSPS) is 2.00. The summed E-state index contributed by atoms with van der Waals surface area (Å²) in [6.07, 6.45) is 0. The molecule has 0 radical (unpaired) electrons. The van der Waals surface area contributed by atoms with Crippen molar-refractivity contribution in [2.75, 3.05) is 0 Å². The molecule has 0 bridgehead atoms. The molecule has 0 amide bonds. The molecule has 0 saturated heterocycles. The summed E-state index contributed by atoms with van der Waals surface area (Å²) >= 11 is -2.58. The maximum atomic E-state index is 9.76. The average molecular weight is 128 g/mol. The third-order valence-corrected chi connectivity index (χ3v) is 0. The van der Waals surface area contributed by atoms with Crippen LogP contribution in [0.4, 0.5) is 5.91 Å². The minimum atomic E-state index is -2.58. The zero-order valence-electron chi connectivity index (χ0n) is 1.46. The average Bonchev–Trinajstić information content (AvgIpc) is 0.918. The summed E-state index contributed by atoms with van der Waals surface area (Å²) < 4.78 is 19.5. The van der Waals surface area contributed by atoms with Gasteiger partial charge in [-0.1, -0.05) is 0 Å². The van der Waals surface area contributed by atoms with Crippen molar-refractivity contribution in [3.63, 3.8) is 0 Å². The van der Waals surface area contributed by atoms with E-state index in [1.54, 1.807) is 0 Å². The van der Waals surface area contributed by atoms with Gasteiger partial charge < -0.3 is 5.91 Å². The van der Waals surface area contributed by atoms with Gasteiger partial charge in [0, 0.05) is 0 Å². The third-order valence-electron chi connectivity index (χ3n) is 0. The molecule has 0 heterocycles. The van der Waals surface area contributed by atoms with Crippen molar-refractivity contribution in [2.24, 2.45) is 0 Å². The standard InChI is InChI=1S/Ca.2FH.Mg.Na.3H/h;2*1H;;;;;/q;;;+2;;;;/p-2. The van der Waals surface area contributed by atoms with Gasteiger partial charge in [0.1, 0.15) is 0 Å². The molecular formula is H3CaF2MgNa. The van der Waals surface area contributed by atoms with Gasteiger partial charge in [0.25, 0.3) is 0 Å². The molecule has 0 rings (SSSR count). The second-order valence-electron chi connectivity index (χ2n) is 0.101. The Morgan fingerprint density at radius 2 is 1.20 bits per heavy atom. The Bertz CT molecular complexity index is 9.61. The Morgan fingerprint density at radius 3 is 1.20 bits per heavy atom. The molecule has 0 unspecified atom stereocenters. The summed E-state index contributed by atoms with van der Waals surface area (Å²) in [6, 6.07) is 0. The first kappa shape index (κ1) is 15.7. The number of hydrogen-bond acceptors (Lipinski definition) is 0. The van der Waals surface area contributed by atoms with Gasteiger partial charge in [0.05, 0.1) is 0 Å². The molecule has 0 aromatic rings. The van der Waals surface area contributed by atoms with E-state index in [4.69, 9.17) is 0 Å². The van der Waals surface area contributed by atoms with E-state index >= 15 is 0 Å². The second kappa shape index (κ2) is 15.8. The number of hydrogen-bond donors (Lipinski definition) is 0. The molecule has 0 saturated carbocycles. The topological polar surface area (TPSA) is 0 Å². The van der Waals surface area contributed by atoms with Gasteiger partial charge >= 0.3 is 88.8 Å². The van der Waals surface area contributed by atoms with Crippen LogP contribution in [0.2, 0.25) is 0 Å². The van der Waals surface area contributed by atoms with Gasteiger partial charge in [-0.3, -0.25) is 0 Å². The quantitative estimate of drug-likeness (QED) is 0.363. The molecule has 0 spiro atoms. The first-order valence-electron chi connectivity index (χ1n) is 0.535. The third kappa shape index (κ3) is 19.7. The Labute approximate surface area is 92.6 Å². The van der Waals surface area contributed by atoms with Gasteiger partial charge in [0.2, 0.25) is 0 Å². The van der Waals surface area contributed by atoms with Crippen molar-refractivity contribution in [1.82, 2.24) is 0 Å². The second-order valence-corrected chi connectivity index (χ2v) is 0.303. The van der Waals surface area contributed by atoms with Crippen LogP contribution in [0.15, 0.2) is 0 Å². The molecular weight excluding hydrogens is 125 g/mol. The molecule has 0 fully saturated rings. The zero-order valence-corrected chi connectivity index (χ0v) is 2.88. The van der Waals surface area contributed by atoms with E-state index in [1.165, 1.54) is 0 Å². The zero-order chi connectivity index (χ0) is 2.71. The van der Waals surface area contributed by atoms with E-state index in [-0.39, 0.29) is 67.3 Å². The minimum absolute atomic E-state index is 0. The van der Waals surface area contributed by atoms with Crippen molar-refractivity contribution >= 4 is 88.8 Å². The molecule has 0 aliphatic carbocycles. The fraction of sp³-hybridized carbons (Fsp3) is 0. The van der Waals surface area contributed by atoms with Crippen molar-refractivity contribution in [3.8, 4) is 0 Å². The Balaban J connectivity index is -0.0000000200. The number of halogens is 2. The van der Waals surface area contributed by atoms with E-state index in [1.807, 2.05) is 0 Å². The molecule has 0 aliphatic heterocycles. The van der Waals surface area contributed by atoms with Crippen molar-refractivity contribution in [1.29, 1.82) is 0 Å². The molecule has 0 aliphatic rings. The van der Waals surface area contributed by atoms with Crippen LogP contribution in [0, 0.1) is 0 Å². The Hall–Kier alpha value is 2.89. The fourth-order valence-corrected chi connectivity index (χ4v) is 0. The van der Waals surface area contributed by atoms with Crippen LogP contribution in [0.5, 0.6) is 0 Å². The van der Waals surface area contributed by atoms with Gasteiger partial charge in [-0.25, -0.2) is 0 Å². The van der Waals surface area contributed by atoms with Gasteiger partial charge in [-0.2, -0.15) is 0 Å². The van der Waals surface area contributed by atoms with Gasteiger partial charge in [0.15, 0.2) is 0 Å². The van der Waals surface area contributed by atoms with Gasteiger partial charge in [-0.15, -0.1) is 0 Å². The molecule has 0 N–H and O–H groups in total. The molecule has 0 nitrogen and oxygen atoms in total. The van der Waals surface area contributed by atoms with E-state index in [0.717, 1.165) is 0 Å². The predicted octanol–water partition coefficient (Wildman–Crippen LogP) is -1.11. The molecule has 22 valence electrons. The monoisotopic (exact) mass is 128 g/mol. The van der Waals surface area contributed by atoms with E-state index < -0.39 is 21.5 Å². The SMILES string of the molecule is [CaH2].[F][Mg][F].[NaH]. The van der Waals surface area contributed by atoms with Crippen LogP contribution < -0.4 is 0 Å². The van der Waals surface area contributed by atoms with Crippen LogP contribution in [-0.4, -0.2) is 88.8 Å². The summed E-state index contributed by atoms with van der Waals surface area (Å²) in [5.74, 6) is 0. The van der Waals surface area contributed by atoms with E-state index in [0.29, 0.717) is 0 Å². The molecule has 5 heteroatoms. The molecule has 0 aromatic heterocycles. The summed E-state index contributed by atoms with van der Waals surface area (Å²) in [4.78, 5) is 0. The predicted molar refractivity (Wildman–Crippen MR) is 23.7 cm³/mol. The first-order chi connectivity index (χ1) is 1.41. The van der Waals surface area contributed by atoms with Crippen molar-refractivity contribution < 1.29 is 5.91 Å². The fourth-order valence-electron chi connectivity index (χ4n) is 0. The van der Waals surface area contributed by atoms with Crippen LogP contribution in [0.25, 0.3) is 0 Å². The Morgan fingerprint density at radius 1 is 1.20 bits per heavy atom. The summed E-state index contributed by atoms with van der Waals surface area (Å²) in [6.45, 7) is 0. The summed E-state index contributed by atoms with van der Waals surface area (Å²) in [7, 11) is 0. The van der Waals surface area contributed by atoms with Gasteiger partial charge in [-0.05, 0) is 0 Å². The van der Waals surface area contributed by atoms with Crippen LogP contribution in [-0.2, 0) is 0 Å². The van der Waals surface area contributed by atoms with E-state index in [2.05, 4.69) is 0 Å². The molecule has 0 aromatic carbocycles. The van der Waals surface area contributed by atoms with Crippen LogP contribution in [0.3, 0.4) is 0 Å². The van der Waals surface area contributed by atoms with Crippen molar-refractivity contribution in [2.45, 2.75) is 0 Å². The Kier molecular flexibility index (Phi) is 49.5.